The van der Waals surface area contributed by atoms with Gasteiger partial charge in [0, 0.05) is 12.6 Å². The highest BCUT2D eigenvalue weighted by atomic mass is 79.9. The fourth-order valence-corrected chi connectivity index (χ4v) is 2.40. The van der Waals surface area contributed by atoms with Gasteiger partial charge in [0.05, 0.1) is 4.47 Å². The Morgan fingerprint density at radius 2 is 2.00 bits per heavy atom. The van der Waals surface area contributed by atoms with Gasteiger partial charge in [-0.1, -0.05) is 35.9 Å². The van der Waals surface area contributed by atoms with Crippen molar-refractivity contribution in [1.29, 1.82) is 0 Å². The average molecular weight is 322 g/mol. The molecule has 0 aliphatic carbocycles. The largest absolute Gasteiger partial charge is 0.306 e. The van der Waals surface area contributed by atoms with E-state index in [2.05, 4.69) is 59.4 Å². The van der Waals surface area contributed by atoms with Gasteiger partial charge in [0.1, 0.15) is 5.82 Å². The van der Waals surface area contributed by atoms with Gasteiger partial charge in [-0.05, 0) is 53.0 Å². The van der Waals surface area contributed by atoms with Crippen molar-refractivity contribution in [1.82, 2.24) is 5.32 Å². The number of hydrogen-bond acceptors (Lipinski definition) is 1. The smallest absolute Gasteiger partial charge is 0.137 e. The molecule has 0 aromatic heterocycles. The van der Waals surface area contributed by atoms with E-state index in [1.165, 1.54) is 17.2 Å². The van der Waals surface area contributed by atoms with Crippen molar-refractivity contribution in [2.24, 2.45) is 0 Å². The van der Waals surface area contributed by atoms with Gasteiger partial charge in [-0.3, -0.25) is 0 Å². The lowest BCUT2D eigenvalue weighted by Crippen LogP contribution is -2.18. The fraction of sp³-hybridized carbons (Fsp3) is 0.250. The summed E-state index contributed by atoms with van der Waals surface area (Å²) < 4.78 is 13.6. The second-order valence-electron chi connectivity index (χ2n) is 4.77. The molecule has 0 amide bonds. The molecule has 0 aliphatic heterocycles. The fourth-order valence-electron chi connectivity index (χ4n) is 1.98. The van der Waals surface area contributed by atoms with Gasteiger partial charge in [0.2, 0.25) is 0 Å². The van der Waals surface area contributed by atoms with Gasteiger partial charge < -0.3 is 5.32 Å². The van der Waals surface area contributed by atoms with Crippen molar-refractivity contribution < 1.29 is 4.39 Å². The summed E-state index contributed by atoms with van der Waals surface area (Å²) in [6, 6.07) is 13.8. The Morgan fingerprint density at radius 1 is 1.21 bits per heavy atom. The van der Waals surface area contributed by atoms with Gasteiger partial charge >= 0.3 is 0 Å². The number of hydrogen-bond donors (Lipinski definition) is 1. The van der Waals surface area contributed by atoms with Crippen LogP contribution >= 0.6 is 15.9 Å². The zero-order valence-electron chi connectivity index (χ0n) is 11.1. The minimum Gasteiger partial charge on any atom is -0.306 e. The summed E-state index contributed by atoms with van der Waals surface area (Å²) in [6.07, 6.45) is 0. The molecule has 100 valence electrons. The van der Waals surface area contributed by atoms with Crippen molar-refractivity contribution in [3.05, 3.63) is 69.4 Å². The van der Waals surface area contributed by atoms with Gasteiger partial charge in [0.25, 0.3) is 0 Å². The van der Waals surface area contributed by atoms with E-state index in [1.54, 1.807) is 6.07 Å². The van der Waals surface area contributed by atoms with Crippen LogP contribution in [0, 0.1) is 12.7 Å². The van der Waals surface area contributed by atoms with Crippen molar-refractivity contribution in [3.8, 4) is 0 Å². The van der Waals surface area contributed by atoms with E-state index in [0.29, 0.717) is 11.0 Å². The third-order valence-electron chi connectivity index (χ3n) is 3.14. The van der Waals surface area contributed by atoms with E-state index in [-0.39, 0.29) is 11.9 Å². The average Bonchev–Trinajstić information content (AvgIpc) is 2.40. The Labute approximate surface area is 122 Å². The minimum absolute atomic E-state index is 0.226. The summed E-state index contributed by atoms with van der Waals surface area (Å²) in [4.78, 5) is 0. The highest BCUT2D eigenvalue weighted by molar-refractivity contribution is 9.10. The van der Waals surface area contributed by atoms with E-state index in [9.17, 15) is 4.39 Å². The highest BCUT2D eigenvalue weighted by Crippen LogP contribution is 2.18. The molecule has 2 aromatic carbocycles. The molecule has 2 rings (SSSR count). The molecule has 0 aliphatic rings. The van der Waals surface area contributed by atoms with Gasteiger partial charge in [-0.2, -0.15) is 0 Å². The summed E-state index contributed by atoms with van der Waals surface area (Å²) in [7, 11) is 0. The second kappa shape index (κ2) is 6.31. The summed E-state index contributed by atoms with van der Waals surface area (Å²) in [6.45, 7) is 4.94. The lowest BCUT2D eigenvalue weighted by molar-refractivity contribution is 0.572. The normalized spacial score (nSPS) is 12.4. The molecular formula is C16H17BrFN. The van der Waals surface area contributed by atoms with Gasteiger partial charge in [-0.15, -0.1) is 0 Å². The number of rotatable bonds is 4. The first-order valence-electron chi connectivity index (χ1n) is 6.30. The monoisotopic (exact) mass is 321 g/mol. The Hall–Kier alpha value is -1.19. The Morgan fingerprint density at radius 3 is 2.68 bits per heavy atom. The van der Waals surface area contributed by atoms with Gasteiger partial charge in [-0.25, -0.2) is 4.39 Å². The standard InChI is InChI=1S/C16H17BrFN/c1-11-4-3-5-14(8-11)12(2)19-10-13-6-7-16(18)15(17)9-13/h3-9,12,19H,10H2,1-2H3/t12-/m0/s1. The van der Waals surface area contributed by atoms with Crippen molar-refractivity contribution in [2.45, 2.75) is 26.4 Å². The number of halogens is 2. The second-order valence-corrected chi connectivity index (χ2v) is 5.62. The number of benzene rings is 2. The molecule has 1 nitrogen and oxygen atoms in total. The van der Waals surface area contributed by atoms with Crippen LogP contribution in [0.25, 0.3) is 0 Å². The Kier molecular flexibility index (Phi) is 4.72. The van der Waals surface area contributed by atoms with Crippen LogP contribution in [0.3, 0.4) is 0 Å². The Balaban J connectivity index is 2.00. The molecule has 0 fully saturated rings. The topological polar surface area (TPSA) is 12.0 Å². The molecule has 1 N–H and O–H groups in total. The minimum atomic E-state index is -0.226. The maximum Gasteiger partial charge on any atom is 0.137 e. The first kappa shape index (κ1) is 14.2. The molecule has 0 saturated carbocycles. The first-order valence-corrected chi connectivity index (χ1v) is 7.09. The van der Waals surface area contributed by atoms with E-state index >= 15 is 0 Å². The molecule has 0 saturated heterocycles. The van der Waals surface area contributed by atoms with Crippen molar-refractivity contribution in [2.75, 3.05) is 0 Å². The predicted molar refractivity (Wildman–Crippen MR) is 80.5 cm³/mol. The van der Waals surface area contributed by atoms with Gasteiger partial charge in [0.15, 0.2) is 0 Å². The molecule has 0 heterocycles. The van der Waals surface area contributed by atoms with Crippen LogP contribution in [0.5, 0.6) is 0 Å². The molecule has 0 radical (unpaired) electrons. The van der Waals surface area contributed by atoms with E-state index < -0.39 is 0 Å². The molecule has 0 spiro atoms. The highest BCUT2D eigenvalue weighted by Gasteiger charge is 2.06. The molecule has 0 bridgehead atoms. The lowest BCUT2D eigenvalue weighted by Gasteiger charge is -2.15. The zero-order valence-corrected chi connectivity index (χ0v) is 12.7. The molecular weight excluding hydrogens is 305 g/mol. The van der Waals surface area contributed by atoms with Crippen LogP contribution < -0.4 is 5.32 Å². The summed E-state index contributed by atoms with van der Waals surface area (Å²) in [5, 5.41) is 3.45. The third-order valence-corrected chi connectivity index (χ3v) is 3.75. The summed E-state index contributed by atoms with van der Waals surface area (Å²) in [5.41, 5.74) is 3.59. The third kappa shape index (κ3) is 3.88. The van der Waals surface area contributed by atoms with E-state index in [1.807, 2.05) is 6.07 Å². The van der Waals surface area contributed by atoms with Crippen molar-refractivity contribution in [3.63, 3.8) is 0 Å². The van der Waals surface area contributed by atoms with E-state index in [0.717, 1.165) is 5.56 Å². The number of nitrogens with one attached hydrogen (secondary N) is 1. The summed E-state index contributed by atoms with van der Waals surface area (Å²) in [5.74, 6) is -0.226. The molecule has 3 heteroatoms. The maximum atomic E-state index is 13.1. The summed E-state index contributed by atoms with van der Waals surface area (Å²) >= 11 is 3.20. The van der Waals surface area contributed by atoms with Crippen LogP contribution in [-0.4, -0.2) is 0 Å². The quantitative estimate of drug-likeness (QED) is 0.857. The molecule has 0 unspecified atom stereocenters. The molecule has 19 heavy (non-hydrogen) atoms. The Bertz CT molecular complexity index is 568. The predicted octanol–water partition coefficient (Wildman–Crippen LogP) is 4.75. The van der Waals surface area contributed by atoms with Crippen LogP contribution in [0.2, 0.25) is 0 Å². The maximum absolute atomic E-state index is 13.1. The first-order chi connectivity index (χ1) is 9.06. The lowest BCUT2D eigenvalue weighted by atomic mass is 10.1. The van der Waals surface area contributed by atoms with Crippen LogP contribution in [0.4, 0.5) is 4.39 Å². The van der Waals surface area contributed by atoms with Crippen LogP contribution in [-0.2, 0) is 6.54 Å². The van der Waals surface area contributed by atoms with Crippen LogP contribution in [0.15, 0.2) is 46.9 Å². The molecule has 2 aromatic rings. The molecule has 1 atom stereocenters. The number of aryl methyl sites for hydroxylation is 1. The zero-order chi connectivity index (χ0) is 13.8. The van der Waals surface area contributed by atoms with Crippen molar-refractivity contribution >= 4 is 15.9 Å². The van der Waals surface area contributed by atoms with Crippen LogP contribution in [0.1, 0.15) is 29.7 Å². The SMILES string of the molecule is Cc1cccc([C@H](C)NCc2ccc(F)c(Br)c2)c1. The van der Waals surface area contributed by atoms with E-state index in [4.69, 9.17) is 0 Å².